The summed E-state index contributed by atoms with van der Waals surface area (Å²) in [5.41, 5.74) is 17.8. The summed E-state index contributed by atoms with van der Waals surface area (Å²) in [6, 6.07) is -0.0666. The molecular weight excluding hydrogens is 292 g/mol. The average molecular weight is 326 g/mol. The zero-order valence-electron chi connectivity index (χ0n) is 14.8. The Bertz CT molecular complexity index is 390. The number of carbonyl (C=O) groups is 1. The van der Waals surface area contributed by atoms with Gasteiger partial charge in [-0.1, -0.05) is 26.7 Å². The molecular formula is C17H34N4O2. The van der Waals surface area contributed by atoms with Crippen LogP contribution in [-0.2, 0) is 9.53 Å². The topological polar surface area (TPSA) is 117 Å². The van der Waals surface area contributed by atoms with E-state index in [4.69, 9.17) is 21.9 Å². The van der Waals surface area contributed by atoms with Crippen molar-refractivity contribution >= 4 is 11.9 Å². The first kappa shape index (κ1) is 19.7. The minimum Gasteiger partial charge on any atom is -0.466 e. The highest BCUT2D eigenvalue weighted by Gasteiger charge is 2.43. The maximum Gasteiger partial charge on any atom is 0.309 e. The molecule has 23 heavy (non-hydrogen) atoms. The molecule has 1 aliphatic rings. The van der Waals surface area contributed by atoms with Crippen molar-refractivity contribution in [2.24, 2.45) is 39.9 Å². The summed E-state index contributed by atoms with van der Waals surface area (Å²) in [4.78, 5) is 16.5. The number of rotatable bonds is 9. The molecule has 0 saturated heterocycles. The van der Waals surface area contributed by atoms with Crippen molar-refractivity contribution in [1.29, 1.82) is 0 Å². The molecule has 6 N–H and O–H groups in total. The summed E-state index contributed by atoms with van der Waals surface area (Å²) in [7, 11) is 0. The number of ether oxygens (including phenoxy) is 1. The number of guanidine groups is 1. The van der Waals surface area contributed by atoms with Gasteiger partial charge >= 0.3 is 5.97 Å². The van der Waals surface area contributed by atoms with E-state index in [1.807, 2.05) is 6.92 Å². The van der Waals surface area contributed by atoms with Gasteiger partial charge < -0.3 is 21.9 Å². The van der Waals surface area contributed by atoms with Crippen molar-refractivity contribution in [3.05, 3.63) is 0 Å². The Morgan fingerprint density at radius 3 is 2.26 bits per heavy atom. The molecule has 6 heteroatoms. The van der Waals surface area contributed by atoms with Crippen LogP contribution in [0.15, 0.2) is 4.99 Å². The first-order valence-corrected chi connectivity index (χ1v) is 8.95. The zero-order chi connectivity index (χ0) is 17.4. The maximum atomic E-state index is 12.1. The van der Waals surface area contributed by atoms with E-state index in [2.05, 4.69) is 18.8 Å². The number of esters is 1. The van der Waals surface area contributed by atoms with Crippen LogP contribution in [0, 0.1) is 17.8 Å². The van der Waals surface area contributed by atoms with Gasteiger partial charge in [0.25, 0.3) is 0 Å². The SMILES string of the molecule is CCCC(CCC)C(N)[C@@H]1C[C@@H](C(=O)OCC)C[C@H]1N=C(N)N. The first-order chi connectivity index (χ1) is 10.9. The van der Waals surface area contributed by atoms with Crippen LogP contribution in [0.2, 0.25) is 0 Å². The zero-order valence-corrected chi connectivity index (χ0v) is 14.8. The number of nitrogens with zero attached hydrogens (tertiary/aromatic N) is 1. The van der Waals surface area contributed by atoms with Crippen molar-refractivity contribution in [2.45, 2.75) is 71.4 Å². The monoisotopic (exact) mass is 326 g/mol. The molecule has 0 aromatic heterocycles. The van der Waals surface area contributed by atoms with E-state index in [9.17, 15) is 4.79 Å². The van der Waals surface area contributed by atoms with Gasteiger partial charge in [-0.05, 0) is 44.4 Å². The van der Waals surface area contributed by atoms with Crippen molar-refractivity contribution < 1.29 is 9.53 Å². The summed E-state index contributed by atoms with van der Waals surface area (Å²) in [5.74, 6) is 0.352. The molecule has 0 heterocycles. The largest absolute Gasteiger partial charge is 0.466 e. The number of carbonyl (C=O) groups excluding carboxylic acids is 1. The molecule has 0 bridgehead atoms. The van der Waals surface area contributed by atoms with Gasteiger partial charge in [-0.3, -0.25) is 4.79 Å². The molecule has 1 unspecified atom stereocenters. The first-order valence-electron chi connectivity index (χ1n) is 8.95. The Morgan fingerprint density at radius 1 is 1.17 bits per heavy atom. The normalized spacial score (nSPS) is 25.3. The Balaban J connectivity index is 2.89. The van der Waals surface area contributed by atoms with Crippen molar-refractivity contribution in [1.82, 2.24) is 0 Å². The second-order valence-corrected chi connectivity index (χ2v) is 6.62. The minimum absolute atomic E-state index is 0.0161. The van der Waals surface area contributed by atoms with Crippen LogP contribution in [-0.4, -0.2) is 30.6 Å². The lowest BCUT2D eigenvalue weighted by Crippen LogP contribution is -2.41. The maximum absolute atomic E-state index is 12.1. The van der Waals surface area contributed by atoms with Crippen LogP contribution in [0.4, 0.5) is 0 Å². The van der Waals surface area contributed by atoms with E-state index in [1.54, 1.807) is 0 Å². The molecule has 0 aromatic carbocycles. The average Bonchev–Trinajstić information content (AvgIpc) is 2.89. The van der Waals surface area contributed by atoms with Crippen LogP contribution in [0.1, 0.15) is 59.3 Å². The van der Waals surface area contributed by atoms with Crippen LogP contribution >= 0.6 is 0 Å². The number of nitrogens with two attached hydrogens (primary N) is 3. The Kier molecular flexibility index (Phi) is 8.37. The molecule has 1 saturated carbocycles. The molecule has 0 radical (unpaired) electrons. The van der Waals surface area contributed by atoms with Crippen LogP contribution in [0.25, 0.3) is 0 Å². The summed E-state index contributed by atoms with van der Waals surface area (Å²) >= 11 is 0. The highest BCUT2D eigenvalue weighted by atomic mass is 16.5. The van der Waals surface area contributed by atoms with Crippen molar-refractivity contribution in [2.75, 3.05) is 6.61 Å². The van der Waals surface area contributed by atoms with Crippen molar-refractivity contribution in [3.8, 4) is 0 Å². The Morgan fingerprint density at radius 2 is 1.78 bits per heavy atom. The van der Waals surface area contributed by atoms with Gasteiger partial charge in [0, 0.05) is 6.04 Å². The van der Waals surface area contributed by atoms with Crippen LogP contribution in [0.5, 0.6) is 0 Å². The lowest BCUT2D eigenvalue weighted by Gasteiger charge is -2.30. The molecule has 0 amide bonds. The van der Waals surface area contributed by atoms with Gasteiger partial charge in [-0.25, -0.2) is 4.99 Å². The lowest BCUT2D eigenvalue weighted by atomic mass is 9.81. The molecule has 0 spiro atoms. The van der Waals surface area contributed by atoms with Crippen LogP contribution in [0.3, 0.4) is 0 Å². The highest BCUT2D eigenvalue weighted by molar-refractivity contribution is 5.76. The fraction of sp³-hybridized carbons (Fsp3) is 0.882. The second-order valence-electron chi connectivity index (χ2n) is 6.62. The van der Waals surface area contributed by atoms with E-state index in [-0.39, 0.29) is 35.8 Å². The smallest absolute Gasteiger partial charge is 0.309 e. The third-order valence-electron chi connectivity index (χ3n) is 4.87. The summed E-state index contributed by atoms with van der Waals surface area (Å²) < 4.78 is 5.17. The highest BCUT2D eigenvalue weighted by Crippen LogP contribution is 2.39. The molecule has 0 aliphatic heterocycles. The quantitative estimate of drug-likeness (QED) is 0.339. The van der Waals surface area contributed by atoms with E-state index in [0.717, 1.165) is 25.7 Å². The summed E-state index contributed by atoms with van der Waals surface area (Å²) in [5, 5.41) is 0. The predicted molar refractivity (Wildman–Crippen MR) is 93.7 cm³/mol. The van der Waals surface area contributed by atoms with Gasteiger partial charge in [-0.15, -0.1) is 0 Å². The lowest BCUT2D eigenvalue weighted by molar-refractivity contribution is -0.147. The molecule has 134 valence electrons. The fourth-order valence-electron chi connectivity index (χ4n) is 3.87. The Hall–Kier alpha value is -1.30. The third kappa shape index (κ3) is 5.68. The van der Waals surface area contributed by atoms with Gasteiger partial charge in [-0.2, -0.15) is 0 Å². The summed E-state index contributed by atoms with van der Waals surface area (Å²) in [6.45, 7) is 6.58. The summed E-state index contributed by atoms with van der Waals surface area (Å²) in [6.07, 6.45) is 5.76. The van der Waals surface area contributed by atoms with Gasteiger partial charge in [0.1, 0.15) is 0 Å². The molecule has 1 aliphatic carbocycles. The predicted octanol–water partition coefficient (Wildman–Crippen LogP) is 1.76. The second kappa shape index (κ2) is 9.75. The standard InChI is InChI=1S/C17H34N4O2/c1-4-7-11(8-5-2)15(18)13-9-12(16(22)23-6-3)10-14(13)21-17(19)20/h11-15H,4-10,18H2,1-3H3,(H4,19,20,21)/t12-,13-,14-,15?/m1/s1. The number of hydrogen-bond donors (Lipinski definition) is 3. The van der Waals surface area contributed by atoms with Gasteiger partial charge in [0.05, 0.1) is 18.6 Å². The van der Waals surface area contributed by atoms with E-state index in [1.165, 1.54) is 0 Å². The molecule has 0 aromatic rings. The fourth-order valence-corrected chi connectivity index (χ4v) is 3.87. The number of hydrogen-bond acceptors (Lipinski definition) is 4. The van der Waals surface area contributed by atoms with E-state index >= 15 is 0 Å². The van der Waals surface area contributed by atoms with E-state index in [0.29, 0.717) is 25.4 Å². The third-order valence-corrected chi connectivity index (χ3v) is 4.87. The van der Waals surface area contributed by atoms with Gasteiger partial charge in [0.15, 0.2) is 5.96 Å². The minimum atomic E-state index is -0.152. The number of aliphatic imine (C=N–C) groups is 1. The van der Waals surface area contributed by atoms with Crippen molar-refractivity contribution in [3.63, 3.8) is 0 Å². The molecule has 1 fully saturated rings. The van der Waals surface area contributed by atoms with E-state index < -0.39 is 0 Å². The van der Waals surface area contributed by atoms with Crippen LogP contribution < -0.4 is 17.2 Å². The molecule has 4 atom stereocenters. The molecule has 1 rings (SSSR count). The van der Waals surface area contributed by atoms with Gasteiger partial charge in [0.2, 0.25) is 0 Å². The Labute approximate surface area is 140 Å². The molecule has 6 nitrogen and oxygen atoms in total.